The topological polar surface area (TPSA) is 38.9 Å². The molecule has 10 rings (SSSR count). The van der Waals surface area contributed by atoms with Crippen LogP contribution in [-0.2, 0) is 0 Å². The van der Waals surface area contributed by atoms with Crippen LogP contribution in [0.2, 0.25) is 0 Å². The summed E-state index contributed by atoms with van der Waals surface area (Å²) in [6.07, 6.45) is 1.90. The van der Waals surface area contributed by atoms with Crippen LogP contribution >= 0.6 is 0 Å². The zero-order valence-electron chi connectivity index (χ0n) is 26.5. The summed E-state index contributed by atoms with van der Waals surface area (Å²) in [4.78, 5) is 10.1. The highest BCUT2D eigenvalue weighted by molar-refractivity contribution is 6.23. The molecule has 0 saturated heterocycles. The molecule has 0 atom stereocenters. The van der Waals surface area contributed by atoms with Crippen LogP contribution in [0.4, 0.5) is 0 Å². The molecule has 10 aromatic rings. The van der Waals surface area contributed by atoms with E-state index in [4.69, 9.17) is 14.4 Å². The molecule has 228 valence electrons. The van der Waals surface area contributed by atoms with E-state index in [-0.39, 0.29) is 0 Å². The molecule has 0 saturated carbocycles. The summed E-state index contributed by atoms with van der Waals surface area (Å²) in [5.74, 6) is 0. The molecule has 0 spiro atoms. The summed E-state index contributed by atoms with van der Waals surface area (Å²) in [5.41, 5.74) is 12.6. The van der Waals surface area contributed by atoms with Gasteiger partial charge in [0.05, 0.1) is 22.9 Å². The Morgan fingerprint density at radius 1 is 0.327 bits per heavy atom. The van der Waals surface area contributed by atoms with Gasteiger partial charge in [-0.05, 0) is 74.5 Å². The third-order valence-electron chi connectivity index (χ3n) is 9.71. The van der Waals surface area contributed by atoms with Gasteiger partial charge in [0.25, 0.3) is 0 Å². The van der Waals surface area contributed by atoms with Crippen molar-refractivity contribution < 1.29 is 4.42 Å². The Morgan fingerprint density at radius 2 is 0.816 bits per heavy atom. The van der Waals surface area contributed by atoms with Crippen molar-refractivity contribution in [3.63, 3.8) is 0 Å². The van der Waals surface area contributed by atoms with Gasteiger partial charge in [0, 0.05) is 27.1 Å². The van der Waals surface area contributed by atoms with E-state index in [1.165, 1.54) is 38.6 Å². The molecule has 2 aromatic heterocycles. The maximum absolute atomic E-state index is 6.06. The lowest BCUT2D eigenvalue weighted by Gasteiger charge is -2.11. The Hall–Kier alpha value is -6.58. The maximum Gasteiger partial charge on any atom is 0.135 e. The Bertz CT molecular complexity index is 2850. The van der Waals surface area contributed by atoms with Gasteiger partial charge in [0.2, 0.25) is 0 Å². The van der Waals surface area contributed by atoms with Crippen molar-refractivity contribution >= 4 is 54.5 Å². The van der Waals surface area contributed by atoms with Gasteiger partial charge < -0.3 is 4.42 Å². The van der Waals surface area contributed by atoms with E-state index in [0.29, 0.717) is 0 Å². The fourth-order valence-electron chi connectivity index (χ4n) is 7.26. The second kappa shape index (κ2) is 11.0. The molecule has 0 unspecified atom stereocenters. The summed E-state index contributed by atoms with van der Waals surface area (Å²) < 4.78 is 6.06. The third kappa shape index (κ3) is 4.59. The average Bonchev–Trinajstić information content (AvgIpc) is 3.56. The average molecular weight is 625 g/mol. The van der Waals surface area contributed by atoms with E-state index in [0.717, 1.165) is 60.6 Å². The zero-order valence-corrected chi connectivity index (χ0v) is 26.5. The van der Waals surface area contributed by atoms with E-state index >= 15 is 0 Å². The molecule has 8 aromatic carbocycles. The van der Waals surface area contributed by atoms with Crippen LogP contribution in [0.3, 0.4) is 0 Å². The van der Waals surface area contributed by atoms with Crippen molar-refractivity contribution in [2.75, 3.05) is 0 Å². The Morgan fingerprint density at radius 3 is 1.49 bits per heavy atom. The quantitative estimate of drug-likeness (QED) is 0.183. The molecule has 3 heteroatoms. The summed E-state index contributed by atoms with van der Waals surface area (Å²) in [6.45, 7) is 0. The molecule has 2 heterocycles. The number of fused-ring (bicyclic) bond motifs is 9. The van der Waals surface area contributed by atoms with E-state index in [1.807, 2.05) is 18.3 Å². The van der Waals surface area contributed by atoms with Crippen LogP contribution in [0, 0.1) is 0 Å². The van der Waals surface area contributed by atoms with E-state index in [1.54, 1.807) is 0 Å². The molecule has 0 amide bonds. The lowest BCUT2D eigenvalue weighted by atomic mass is 9.95. The summed E-state index contributed by atoms with van der Waals surface area (Å²) in [5, 5.41) is 6.94. The first-order valence-corrected chi connectivity index (χ1v) is 16.6. The van der Waals surface area contributed by atoms with Crippen LogP contribution in [-0.4, -0.2) is 9.97 Å². The van der Waals surface area contributed by atoms with E-state index in [2.05, 4.69) is 152 Å². The first-order chi connectivity index (χ1) is 24.3. The highest BCUT2D eigenvalue weighted by Crippen LogP contribution is 2.36. The largest absolute Gasteiger partial charge is 0.456 e. The first-order valence-electron chi connectivity index (χ1n) is 16.6. The van der Waals surface area contributed by atoms with Gasteiger partial charge in [-0.15, -0.1) is 0 Å². The summed E-state index contributed by atoms with van der Waals surface area (Å²) in [7, 11) is 0. The van der Waals surface area contributed by atoms with Crippen LogP contribution in [0.15, 0.2) is 174 Å². The van der Waals surface area contributed by atoms with Crippen LogP contribution < -0.4 is 0 Å². The standard InChI is InChI=1S/C46H28N2O/c1-3-16-39-36(13-1)37-14-2-4-17-40(37)46-45(39)47-28-42(48-46)30-21-19-29(20-22-30)31-9-7-10-32(25-31)33-11-8-12-34(26-33)35-23-24-44-41(27-35)38-15-5-6-18-43(38)49-44/h1-28H. The number of nitrogens with zero attached hydrogens (tertiary/aromatic N) is 2. The van der Waals surface area contributed by atoms with Crippen molar-refractivity contribution in [3.8, 4) is 44.6 Å². The number of aromatic nitrogens is 2. The van der Waals surface area contributed by atoms with Crippen molar-refractivity contribution in [1.29, 1.82) is 0 Å². The number of hydrogen-bond donors (Lipinski definition) is 0. The molecule has 0 radical (unpaired) electrons. The van der Waals surface area contributed by atoms with E-state index in [9.17, 15) is 0 Å². The number of benzene rings is 8. The van der Waals surface area contributed by atoms with Gasteiger partial charge in [-0.3, -0.25) is 4.98 Å². The molecule has 0 bridgehead atoms. The lowest BCUT2D eigenvalue weighted by molar-refractivity contribution is 0.669. The predicted molar refractivity (Wildman–Crippen MR) is 204 cm³/mol. The molecular formula is C46H28N2O. The molecule has 0 aliphatic carbocycles. The van der Waals surface area contributed by atoms with E-state index < -0.39 is 0 Å². The molecule has 49 heavy (non-hydrogen) atoms. The summed E-state index contributed by atoms with van der Waals surface area (Å²) in [6, 6.07) is 57.8. The van der Waals surface area contributed by atoms with Gasteiger partial charge in [0.15, 0.2) is 0 Å². The van der Waals surface area contributed by atoms with Gasteiger partial charge in [-0.25, -0.2) is 4.98 Å². The van der Waals surface area contributed by atoms with Crippen LogP contribution in [0.5, 0.6) is 0 Å². The van der Waals surface area contributed by atoms with Crippen molar-refractivity contribution in [2.45, 2.75) is 0 Å². The van der Waals surface area contributed by atoms with Gasteiger partial charge in [-0.2, -0.15) is 0 Å². The number of rotatable bonds is 4. The Balaban J connectivity index is 0.981. The fraction of sp³-hybridized carbons (Fsp3) is 0. The van der Waals surface area contributed by atoms with Crippen LogP contribution in [0.25, 0.3) is 99.2 Å². The highest BCUT2D eigenvalue weighted by atomic mass is 16.3. The second-order valence-electron chi connectivity index (χ2n) is 12.6. The minimum atomic E-state index is 0.867. The maximum atomic E-state index is 6.06. The molecule has 0 aliphatic heterocycles. The number of para-hydroxylation sites is 1. The monoisotopic (exact) mass is 624 g/mol. The third-order valence-corrected chi connectivity index (χ3v) is 9.71. The number of furan rings is 1. The Kier molecular flexibility index (Phi) is 6.18. The first kappa shape index (κ1) is 27.5. The fourth-order valence-corrected chi connectivity index (χ4v) is 7.26. The van der Waals surface area contributed by atoms with Crippen molar-refractivity contribution in [1.82, 2.24) is 9.97 Å². The lowest BCUT2D eigenvalue weighted by Crippen LogP contribution is -1.92. The minimum absolute atomic E-state index is 0.867. The normalized spacial score (nSPS) is 11.7. The molecule has 0 fully saturated rings. The number of hydrogen-bond acceptors (Lipinski definition) is 3. The summed E-state index contributed by atoms with van der Waals surface area (Å²) >= 11 is 0. The SMILES string of the molecule is c1cc(-c2ccc(-c3cnc4c5ccccc5c5ccccc5c4n3)cc2)cc(-c2cccc(-c3ccc4oc5ccccc5c4c3)c2)c1. The molecular weight excluding hydrogens is 597 g/mol. The molecule has 0 aliphatic rings. The van der Waals surface area contributed by atoms with Gasteiger partial charge in [-0.1, -0.05) is 133 Å². The van der Waals surface area contributed by atoms with Gasteiger partial charge in [0.1, 0.15) is 11.2 Å². The second-order valence-corrected chi connectivity index (χ2v) is 12.6. The van der Waals surface area contributed by atoms with Gasteiger partial charge >= 0.3 is 0 Å². The smallest absolute Gasteiger partial charge is 0.135 e. The highest BCUT2D eigenvalue weighted by Gasteiger charge is 2.13. The predicted octanol–water partition coefficient (Wildman–Crippen LogP) is 12.5. The molecule has 0 N–H and O–H groups in total. The zero-order chi connectivity index (χ0) is 32.3. The Labute approximate surface area is 282 Å². The van der Waals surface area contributed by atoms with Crippen molar-refractivity contribution in [3.05, 3.63) is 170 Å². The minimum Gasteiger partial charge on any atom is -0.456 e. The van der Waals surface area contributed by atoms with Crippen LogP contribution in [0.1, 0.15) is 0 Å². The van der Waals surface area contributed by atoms with Crippen molar-refractivity contribution in [2.24, 2.45) is 0 Å². The molecule has 3 nitrogen and oxygen atoms in total.